The Bertz CT molecular complexity index is 1600. The van der Waals surface area contributed by atoms with Crippen molar-refractivity contribution in [1.82, 2.24) is 9.80 Å². The van der Waals surface area contributed by atoms with Crippen LogP contribution in [-0.4, -0.2) is 66.2 Å². The number of halogens is 1. The number of fused-ring (bicyclic) bond motifs is 1. The number of hydrogen-bond donors (Lipinski definition) is 0. The second kappa shape index (κ2) is 13.2. The monoisotopic (exact) mass is 647 g/mol. The maximum Gasteiger partial charge on any atom is 0.410 e. The normalized spacial score (nSPS) is 17.6. The standard InChI is InChI=1S/C36H42ClN3O6/c1-22(2)45-31-20-29-26(18-30(31)44-7)19-32(41)40(34(29)25-8-12-27(37)13-9-25)28-14-10-24(11-15-28)23(3)39-17-16-38(21-33(39)42)35(43)46-36(4,5)6/h8-15,18,20,22-23,34H,16-17,19,21H2,1-7H3/t23?,34-/m0/s1. The highest BCUT2D eigenvalue weighted by molar-refractivity contribution is 6.30. The van der Waals surface area contributed by atoms with Gasteiger partial charge in [0.05, 0.1) is 31.7 Å². The fraction of sp³-hybridized carbons (Fsp3) is 0.417. The van der Waals surface area contributed by atoms with Crippen molar-refractivity contribution in [3.63, 3.8) is 0 Å². The molecule has 1 saturated heterocycles. The molecule has 0 saturated carbocycles. The highest BCUT2D eigenvalue weighted by Gasteiger charge is 2.37. The summed E-state index contributed by atoms with van der Waals surface area (Å²) in [5.74, 6) is 1.00. The summed E-state index contributed by atoms with van der Waals surface area (Å²) in [4.78, 5) is 44.6. The molecular formula is C36H42ClN3O6. The average molecular weight is 648 g/mol. The lowest BCUT2D eigenvalue weighted by Crippen LogP contribution is -2.53. The molecular weight excluding hydrogens is 606 g/mol. The van der Waals surface area contributed by atoms with Crippen molar-refractivity contribution in [2.45, 2.75) is 71.8 Å². The number of rotatable bonds is 7. The van der Waals surface area contributed by atoms with Crippen LogP contribution in [0.15, 0.2) is 60.7 Å². The van der Waals surface area contributed by atoms with Crippen molar-refractivity contribution in [2.75, 3.05) is 31.6 Å². The maximum absolute atomic E-state index is 13.9. The Balaban J connectivity index is 1.43. The van der Waals surface area contributed by atoms with E-state index in [0.29, 0.717) is 29.6 Å². The summed E-state index contributed by atoms with van der Waals surface area (Å²) in [6.45, 7) is 12.1. The molecule has 0 radical (unpaired) electrons. The summed E-state index contributed by atoms with van der Waals surface area (Å²) in [6, 6.07) is 18.5. The second-order valence-electron chi connectivity index (χ2n) is 13.0. The number of nitrogens with zero attached hydrogens (tertiary/aromatic N) is 3. The van der Waals surface area contributed by atoms with Crippen molar-refractivity contribution >= 4 is 35.2 Å². The Labute approximate surface area is 276 Å². The lowest BCUT2D eigenvalue weighted by atomic mass is 9.86. The summed E-state index contributed by atoms with van der Waals surface area (Å²) >= 11 is 6.25. The van der Waals surface area contributed by atoms with Gasteiger partial charge in [-0.2, -0.15) is 0 Å². The van der Waals surface area contributed by atoms with Crippen LogP contribution in [0.3, 0.4) is 0 Å². The first-order valence-electron chi connectivity index (χ1n) is 15.6. The van der Waals surface area contributed by atoms with Gasteiger partial charge in [-0.3, -0.25) is 14.5 Å². The number of amides is 3. The van der Waals surface area contributed by atoms with E-state index in [0.717, 1.165) is 27.9 Å². The number of benzene rings is 3. The van der Waals surface area contributed by atoms with Gasteiger partial charge in [-0.15, -0.1) is 0 Å². The van der Waals surface area contributed by atoms with Crippen molar-refractivity contribution in [3.8, 4) is 11.5 Å². The lowest BCUT2D eigenvalue weighted by Gasteiger charge is -2.39. The zero-order chi connectivity index (χ0) is 33.3. The molecule has 5 rings (SSSR count). The quantitative estimate of drug-likeness (QED) is 0.276. The number of anilines is 1. The van der Waals surface area contributed by atoms with Gasteiger partial charge in [0, 0.05) is 23.8 Å². The fourth-order valence-electron chi connectivity index (χ4n) is 6.00. The van der Waals surface area contributed by atoms with E-state index in [-0.39, 0.29) is 36.9 Å². The van der Waals surface area contributed by atoms with Gasteiger partial charge in [-0.25, -0.2) is 4.79 Å². The van der Waals surface area contributed by atoms with Crippen LogP contribution in [0.2, 0.25) is 5.02 Å². The largest absolute Gasteiger partial charge is 0.493 e. The first-order chi connectivity index (χ1) is 21.8. The molecule has 0 bridgehead atoms. The molecule has 10 heteroatoms. The summed E-state index contributed by atoms with van der Waals surface area (Å²) in [5.41, 5.74) is 3.76. The minimum atomic E-state index is -0.631. The molecule has 3 aromatic carbocycles. The van der Waals surface area contributed by atoms with Gasteiger partial charge in [0.25, 0.3) is 0 Å². The number of carbonyl (C=O) groups excluding carboxylic acids is 3. The third-order valence-electron chi connectivity index (χ3n) is 8.17. The molecule has 0 spiro atoms. The zero-order valence-electron chi connectivity index (χ0n) is 27.5. The van der Waals surface area contributed by atoms with Crippen molar-refractivity contribution < 1.29 is 28.6 Å². The van der Waals surface area contributed by atoms with Gasteiger partial charge in [0.1, 0.15) is 12.1 Å². The molecule has 9 nitrogen and oxygen atoms in total. The van der Waals surface area contributed by atoms with Gasteiger partial charge >= 0.3 is 6.09 Å². The summed E-state index contributed by atoms with van der Waals surface area (Å²) in [6.07, 6.45) is -0.349. The van der Waals surface area contributed by atoms with Gasteiger partial charge in [0.2, 0.25) is 11.8 Å². The number of piperazine rings is 1. The van der Waals surface area contributed by atoms with Gasteiger partial charge in [-0.05, 0) is 100 Å². The van der Waals surface area contributed by atoms with Crippen LogP contribution < -0.4 is 14.4 Å². The predicted molar refractivity (Wildman–Crippen MR) is 178 cm³/mol. The Morgan fingerprint density at radius 1 is 0.913 bits per heavy atom. The molecule has 2 aliphatic rings. The van der Waals surface area contributed by atoms with E-state index in [4.69, 9.17) is 25.8 Å². The van der Waals surface area contributed by atoms with E-state index in [9.17, 15) is 14.4 Å². The molecule has 0 N–H and O–H groups in total. The van der Waals surface area contributed by atoms with Crippen LogP contribution in [-0.2, 0) is 20.7 Å². The molecule has 0 aromatic heterocycles. The van der Waals surface area contributed by atoms with E-state index in [1.807, 2.05) is 86.3 Å². The van der Waals surface area contributed by atoms with Crippen LogP contribution in [0.25, 0.3) is 0 Å². The molecule has 46 heavy (non-hydrogen) atoms. The molecule has 1 unspecified atom stereocenters. The van der Waals surface area contributed by atoms with Crippen LogP contribution in [0, 0.1) is 0 Å². The number of ether oxygens (including phenoxy) is 3. The van der Waals surface area contributed by atoms with E-state index in [1.165, 1.54) is 4.90 Å². The van der Waals surface area contributed by atoms with E-state index in [2.05, 4.69) is 0 Å². The predicted octanol–water partition coefficient (Wildman–Crippen LogP) is 6.95. The summed E-state index contributed by atoms with van der Waals surface area (Å²) < 4.78 is 17.2. The van der Waals surface area contributed by atoms with Crippen LogP contribution in [0.1, 0.15) is 75.9 Å². The molecule has 3 aromatic rings. The number of methoxy groups -OCH3 is 1. The van der Waals surface area contributed by atoms with Gasteiger partial charge in [-0.1, -0.05) is 35.9 Å². The molecule has 2 atom stereocenters. The van der Waals surface area contributed by atoms with Gasteiger partial charge in [0.15, 0.2) is 11.5 Å². The van der Waals surface area contributed by atoms with Crippen molar-refractivity contribution in [2.24, 2.45) is 0 Å². The van der Waals surface area contributed by atoms with E-state index < -0.39 is 17.7 Å². The number of carbonyl (C=O) groups is 3. The third kappa shape index (κ3) is 7.09. The first-order valence-corrected chi connectivity index (χ1v) is 16.0. The maximum atomic E-state index is 13.9. The highest BCUT2D eigenvalue weighted by Crippen LogP contribution is 2.44. The Kier molecular flexibility index (Phi) is 9.54. The lowest BCUT2D eigenvalue weighted by molar-refractivity contribution is -0.138. The average Bonchev–Trinajstić information content (AvgIpc) is 2.99. The van der Waals surface area contributed by atoms with Crippen LogP contribution >= 0.6 is 11.6 Å². The van der Waals surface area contributed by atoms with Crippen molar-refractivity contribution in [1.29, 1.82) is 0 Å². The Morgan fingerprint density at radius 3 is 2.17 bits per heavy atom. The highest BCUT2D eigenvalue weighted by atomic mass is 35.5. The first kappa shape index (κ1) is 33.1. The van der Waals surface area contributed by atoms with E-state index >= 15 is 0 Å². The summed E-state index contributed by atoms with van der Waals surface area (Å²) in [5, 5.41) is 0.607. The van der Waals surface area contributed by atoms with Crippen LogP contribution in [0.4, 0.5) is 10.5 Å². The molecule has 1 fully saturated rings. The Hall–Kier alpha value is -4.24. The second-order valence-corrected chi connectivity index (χ2v) is 13.5. The minimum Gasteiger partial charge on any atom is -0.493 e. The minimum absolute atomic E-state index is 0.0326. The molecule has 2 heterocycles. The topological polar surface area (TPSA) is 88.6 Å². The van der Waals surface area contributed by atoms with Gasteiger partial charge < -0.3 is 24.0 Å². The molecule has 2 aliphatic heterocycles. The fourth-order valence-corrected chi connectivity index (χ4v) is 6.13. The molecule has 3 amide bonds. The smallest absolute Gasteiger partial charge is 0.410 e. The SMILES string of the molecule is COc1cc2c(cc1OC(C)C)[C@H](c1ccc(Cl)cc1)N(c1ccc(C(C)N3CCN(C(=O)OC(C)(C)C)CC3=O)cc1)C(=O)C2. The summed E-state index contributed by atoms with van der Waals surface area (Å²) in [7, 11) is 1.60. The van der Waals surface area contributed by atoms with Crippen molar-refractivity contribution in [3.05, 3.63) is 87.9 Å². The zero-order valence-corrected chi connectivity index (χ0v) is 28.3. The molecule has 0 aliphatic carbocycles. The third-order valence-corrected chi connectivity index (χ3v) is 8.42. The van der Waals surface area contributed by atoms with E-state index in [1.54, 1.807) is 32.8 Å². The Morgan fingerprint density at radius 2 is 1.59 bits per heavy atom. The molecule has 244 valence electrons. The van der Waals surface area contributed by atoms with Crippen LogP contribution in [0.5, 0.6) is 11.5 Å². The number of hydrogen-bond acceptors (Lipinski definition) is 6.